The first-order valence-corrected chi connectivity index (χ1v) is 7.73. The van der Waals surface area contributed by atoms with Gasteiger partial charge in [0.25, 0.3) is 0 Å². The van der Waals surface area contributed by atoms with Crippen LogP contribution in [0.25, 0.3) is 0 Å². The van der Waals surface area contributed by atoms with Crippen LogP contribution in [0.1, 0.15) is 33.3 Å². The van der Waals surface area contributed by atoms with E-state index in [2.05, 4.69) is 36.3 Å². The monoisotopic (exact) mass is 309 g/mol. The summed E-state index contributed by atoms with van der Waals surface area (Å²) < 4.78 is 0. The number of hydrogen-bond acceptors (Lipinski definition) is 3. The average molecular weight is 310 g/mol. The maximum Gasteiger partial charge on any atom is 0.242 e. The molecule has 1 atom stereocenters. The van der Waals surface area contributed by atoms with Gasteiger partial charge in [0.05, 0.1) is 0 Å². The minimum Gasteiger partial charge on any atom is -0.358 e. The lowest BCUT2D eigenvalue weighted by Crippen LogP contribution is -2.54. The van der Waals surface area contributed by atoms with E-state index in [0.29, 0.717) is 6.54 Å². The predicted octanol–water partition coefficient (Wildman–Crippen LogP) is 2.55. The third kappa shape index (κ3) is 4.11. The Labute approximate surface area is 131 Å². The lowest BCUT2D eigenvalue weighted by molar-refractivity contribution is -0.122. The molecule has 0 radical (unpaired) electrons. The number of carbonyl (C=O) groups is 1. The molecule has 1 unspecified atom stereocenters. The summed E-state index contributed by atoms with van der Waals surface area (Å²) in [6.07, 6.45) is 0. The number of nitrogens with one attached hydrogen (secondary N) is 2. The van der Waals surface area contributed by atoms with Crippen LogP contribution in [0.5, 0.6) is 0 Å². The quantitative estimate of drug-likeness (QED) is 0.902. The summed E-state index contributed by atoms with van der Waals surface area (Å²) in [4.78, 5) is 13.8. The van der Waals surface area contributed by atoms with E-state index in [1.807, 2.05) is 25.1 Å². The topological polar surface area (TPSA) is 44.4 Å². The van der Waals surface area contributed by atoms with E-state index in [4.69, 9.17) is 11.6 Å². The second-order valence-electron chi connectivity index (χ2n) is 6.54. The SMILES string of the molecule is CC1C(=O)NCCN1c1ccc(CNC(C)(C)C)c(Cl)c1. The van der Waals surface area contributed by atoms with Crippen molar-refractivity contribution >= 4 is 23.2 Å². The first-order valence-electron chi connectivity index (χ1n) is 7.36. The Morgan fingerprint density at radius 2 is 2.14 bits per heavy atom. The van der Waals surface area contributed by atoms with E-state index in [-0.39, 0.29) is 17.5 Å². The lowest BCUT2D eigenvalue weighted by Gasteiger charge is -2.35. The van der Waals surface area contributed by atoms with E-state index >= 15 is 0 Å². The predicted molar refractivity (Wildman–Crippen MR) is 87.9 cm³/mol. The molecule has 116 valence electrons. The van der Waals surface area contributed by atoms with Gasteiger partial charge in [-0.3, -0.25) is 4.79 Å². The van der Waals surface area contributed by atoms with Crippen molar-refractivity contribution in [1.29, 1.82) is 0 Å². The number of benzene rings is 1. The van der Waals surface area contributed by atoms with Crippen molar-refractivity contribution in [2.75, 3.05) is 18.0 Å². The maximum absolute atomic E-state index is 11.7. The van der Waals surface area contributed by atoms with Gasteiger partial charge in [-0.05, 0) is 45.4 Å². The molecule has 0 bridgehead atoms. The van der Waals surface area contributed by atoms with E-state index in [0.717, 1.165) is 29.4 Å². The van der Waals surface area contributed by atoms with Gasteiger partial charge in [0.1, 0.15) is 6.04 Å². The Morgan fingerprint density at radius 1 is 1.43 bits per heavy atom. The second kappa shape index (κ2) is 6.24. The van der Waals surface area contributed by atoms with Crippen LogP contribution < -0.4 is 15.5 Å². The smallest absolute Gasteiger partial charge is 0.242 e. The number of piperazine rings is 1. The van der Waals surface area contributed by atoms with E-state index in [1.165, 1.54) is 0 Å². The fraction of sp³-hybridized carbons (Fsp3) is 0.562. The van der Waals surface area contributed by atoms with Crippen molar-refractivity contribution in [2.24, 2.45) is 0 Å². The van der Waals surface area contributed by atoms with Gasteiger partial charge in [-0.2, -0.15) is 0 Å². The molecule has 0 aliphatic carbocycles. The Bertz CT molecular complexity index is 525. The molecule has 1 heterocycles. The molecule has 1 fully saturated rings. The van der Waals surface area contributed by atoms with Gasteiger partial charge < -0.3 is 15.5 Å². The Balaban J connectivity index is 2.13. The zero-order valence-corrected chi connectivity index (χ0v) is 13.9. The molecule has 0 spiro atoms. The van der Waals surface area contributed by atoms with Crippen LogP contribution in [0.4, 0.5) is 5.69 Å². The summed E-state index contributed by atoms with van der Waals surface area (Å²) in [6.45, 7) is 10.5. The highest BCUT2D eigenvalue weighted by atomic mass is 35.5. The Morgan fingerprint density at radius 3 is 2.76 bits per heavy atom. The molecule has 2 rings (SSSR count). The molecular formula is C16H24ClN3O. The summed E-state index contributed by atoms with van der Waals surface area (Å²) in [5.41, 5.74) is 2.13. The number of carbonyl (C=O) groups excluding carboxylic acids is 1. The zero-order valence-electron chi connectivity index (χ0n) is 13.2. The van der Waals surface area contributed by atoms with Gasteiger partial charge >= 0.3 is 0 Å². The van der Waals surface area contributed by atoms with Gasteiger partial charge in [-0.25, -0.2) is 0 Å². The highest BCUT2D eigenvalue weighted by Gasteiger charge is 2.25. The van der Waals surface area contributed by atoms with E-state index in [9.17, 15) is 4.79 Å². The molecule has 1 aromatic carbocycles. The average Bonchev–Trinajstić information content (AvgIpc) is 2.39. The van der Waals surface area contributed by atoms with Crippen molar-refractivity contribution in [1.82, 2.24) is 10.6 Å². The third-order valence-corrected chi connectivity index (χ3v) is 4.03. The fourth-order valence-electron chi connectivity index (χ4n) is 2.35. The number of halogens is 1. The third-order valence-electron chi connectivity index (χ3n) is 3.68. The normalized spacial score (nSPS) is 19.6. The van der Waals surface area contributed by atoms with Gasteiger partial charge in [0.2, 0.25) is 5.91 Å². The first-order chi connectivity index (χ1) is 9.78. The lowest BCUT2D eigenvalue weighted by atomic mass is 10.1. The summed E-state index contributed by atoms with van der Waals surface area (Å²) in [5, 5.41) is 7.04. The first kappa shape index (κ1) is 16.1. The minimum absolute atomic E-state index is 0.0570. The van der Waals surface area contributed by atoms with Crippen molar-refractivity contribution in [3.8, 4) is 0 Å². The molecule has 4 nitrogen and oxygen atoms in total. The molecule has 5 heteroatoms. The molecule has 1 saturated heterocycles. The van der Waals surface area contributed by atoms with E-state index < -0.39 is 0 Å². The largest absolute Gasteiger partial charge is 0.358 e. The summed E-state index contributed by atoms with van der Waals surface area (Å²) in [5.74, 6) is 0.0656. The van der Waals surface area contributed by atoms with Crippen LogP contribution in [0.3, 0.4) is 0 Å². The van der Waals surface area contributed by atoms with Gasteiger partial charge in [0.15, 0.2) is 0 Å². The van der Waals surface area contributed by atoms with Gasteiger partial charge in [-0.1, -0.05) is 17.7 Å². The standard InChI is InChI=1S/C16H24ClN3O/c1-11-15(21)18-7-8-20(11)13-6-5-12(14(17)9-13)10-19-16(2,3)4/h5-6,9,11,19H,7-8,10H2,1-4H3,(H,18,21). The molecule has 1 amide bonds. The number of rotatable bonds is 3. The van der Waals surface area contributed by atoms with Gasteiger partial charge in [0, 0.05) is 35.9 Å². The fourth-order valence-corrected chi connectivity index (χ4v) is 2.60. The number of nitrogens with zero attached hydrogens (tertiary/aromatic N) is 1. The van der Waals surface area contributed by atoms with Gasteiger partial charge in [-0.15, -0.1) is 0 Å². The molecule has 1 aliphatic rings. The van der Waals surface area contributed by atoms with Crippen LogP contribution in [0.15, 0.2) is 18.2 Å². The van der Waals surface area contributed by atoms with Crippen molar-refractivity contribution in [3.05, 3.63) is 28.8 Å². The van der Waals surface area contributed by atoms with E-state index in [1.54, 1.807) is 0 Å². The number of anilines is 1. The minimum atomic E-state index is -0.159. The van der Waals surface area contributed by atoms with Crippen LogP contribution in [0.2, 0.25) is 5.02 Å². The summed E-state index contributed by atoms with van der Waals surface area (Å²) >= 11 is 6.39. The number of amides is 1. The van der Waals surface area contributed by atoms with Crippen LogP contribution in [-0.4, -0.2) is 30.6 Å². The van der Waals surface area contributed by atoms with Crippen LogP contribution in [0, 0.1) is 0 Å². The molecule has 21 heavy (non-hydrogen) atoms. The molecule has 0 aromatic heterocycles. The summed E-state index contributed by atoms with van der Waals surface area (Å²) in [7, 11) is 0. The Hall–Kier alpha value is -1.26. The molecule has 2 N–H and O–H groups in total. The molecule has 1 aromatic rings. The molecular weight excluding hydrogens is 286 g/mol. The summed E-state index contributed by atoms with van der Waals surface area (Å²) in [6, 6.07) is 5.88. The van der Waals surface area contributed by atoms with Crippen molar-refractivity contribution in [3.63, 3.8) is 0 Å². The highest BCUT2D eigenvalue weighted by molar-refractivity contribution is 6.31. The Kier molecular flexibility index (Phi) is 4.79. The van der Waals surface area contributed by atoms with Crippen molar-refractivity contribution < 1.29 is 4.79 Å². The van der Waals surface area contributed by atoms with Crippen molar-refractivity contribution in [2.45, 2.75) is 45.8 Å². The molecule has 0 saturated carbocycles. The van der Waals surface area contributed by atoms with Crippen LogP contribution in [-0.2, 0) is 11.3 Å². The second-order valence-corrected chi connectivity index (χ2v) is 6.95. The number of hydrogen-bond donors (Lipinski definition) is 2. The maximum atomic E-state index is 11.7. The molecule has 1 aliphatic heterocycles. The highest BCUT2D eigenvalue weighted by Crippen LogP contribution is 2.26. The zero-order chi connectivity index (χ0) is 15.6. The van der Waals surface area contributed by atoms with Crippen LogP contribution >= 0.6 is 11.6 Å².